The second-order valence-electron chi connectivity index (χ2n) is 6.03. The molecule has 0 N–H and O–H groups in total. The Morgan fingerprint density at radius 2 is 1.73 bits per heavy atom. The third-order valence-corrected chi connectivity index (χ3v) is 4.74. The summed E-state index contributed by atoms with van der Waals surface area (Å²) in [7, 11) is 0. The first kappa shape index (κ1) is 11.2. The summed E-state index contributed by atoms with van der Waals surface area (Å²) in [6.45, 7) is 5.00. The monoisotopic (exact) mass is 206 g/mol. The Hall–Kier alpha value is -0.260. The fraction of sp³-hybridized carbons (Fsp3) is 0.867. The molecule has 0 saturated heterocycles. The van der Waals surface area contributed by atoms with Crippen molar-refractivity contribution in [1.82, 2.24) is 0 Å². The van der Waals surface area contributed by atoms with E-state index in [4.69, 9.17) is 0 Å². The molecule has 0 radical (unpaired) electrons. The Morgan fingerprint density at radius 3 is 2.33 bits per heavy atom. The molecule has 0 aromatic rings. The molecule has 0 atom stereocenters. The van der Waals surface area contributed by atoms with Crippen molar-refractivity contribution in [3.05, 3.63) is 11.6 Å². The second kappa shape index (κ2) is 4.72. The molecular formula is C15H26. The molecular weight excluding hydrogens is 180 g/mol. The number of hydrogen-bond donors (Lipinski definition) is 0. The molecule has 0 heterocycles. The van der Waals surface area contributed by atoms with E-state index >= 15 is 0 Å². The van der Waals surface area contributed by atoms with Crippen LogP contribution in [0.2, 0.25) is 0 Å². The summed E-state index contributed by atoms with van der Waals surface area (Å²) in [6.07, 6.45) is 15.5. The van der Waals surface area contributed by atoms with E-state index in [1.54, 1.807) is 5.57 Å². The van der Waals surface area contributed by atoms with E-state index in [-0.39, 0.29) is 0 Å². The van der Waals surface area contributed by atoms with E-state index in [9.17, 15) is 0 Å². The summed E-state index contributed by atoms with van der Waals surface area (Å²) in [5.74, 6) is 0.968. The second-order valence-corrected chi connectivity index (χ2v) is 6.03. The lowest BCUT2D eigenvalue weighted by Crippen LogP contribution is -2.29. The molecule has 15 heavy (non-hydrogen) atoms. The molecule has 86 valence electrons. The first-order chi connectivity index (χ1) is 7.21. The van der Waals surface area contributed by atoms with E-state index in [0.717, 1.165) is 5.92 Å². The van der Waals surface area contributed by atoms with Crippen molar-refractivity contribution >= 4 is 0 Å². The Bertz CT molecular complexity index is 228. The van der Waals surface area contributed by atoms with Crippen LogP contribution < -0.4 is 0 Å². The largest absolute Gasteiger partial charge is 0.0848 e. The quantitative estimate of drug-likeness (QED) is 0.552. The van der Waals surface area contributed by atoms with Crippen molar-refractivity contribution in [2.24, 2.45) is 11.3 Å². The third-order valence-electron chi connectivity index (χ3n) is 4.74. The topological polar surface area (TPSA) is 0 Å². The SMILES string of the molecule is CC(C)(C1=CCCCC1)C1CCCCC1. The van der Waals surface area contributed by atoms with Gasteiger partial charge in [0, 0.05) is 0 Å². The maximum absolute atomic E-state index is 2.55. The fourth-order valence-corrected chi connectivity index (χ4v) is 3.51. The van der Waals surface area contributed by atoms with Crippen molar-refractivity contribution in [1.29, 1.82) is 0 Å². The first-order valence-corrected chi connectivity index (χ1v) is 6.91. The Balaban J connectivity index is 2.06. The van der Waals surface area contributed by atoms with Crippen molar-refractivity contribution in [3.8, 4) is 0 Å². The van der Waals surface area contributed by atoms with Gasteiger partial charge in [-0.1, -0.05) is 44.8 Å². The van der Waals surface area contributed by atoms with Gasteiger partial charge in [-0.15, -0.1) is 0 Å². The highest BCUT2D eigenvalue weighted by Gasteiger charge is 2.33. The minimum atomic E-state index is 0.501. The normalized spacial score (nSPS) is 25.1. The average Bonchev–Trinajstić information content (AvgIpc) is 2.31. The van der Waals surface area contributed by atoms with Gasteiger partial charge < -0.3 is 0 Å². The van der Waals surface area contributed by atoms with Gasteiger partial charge >= 0.3 is 0 Å². The minimum Gasteiger partial charge on any atom is -0.0848 e. The molecule has 0 unspecified atom stereocenters. The molecule has 0 nitrogen and oxygen atoms in total. The number of hydrogen-bond acceptors (Lipinski definition) is 0. The molecule has 0 aliphatic heterocycles. The van der Waals surface area contributed by atoms with Crippen LogP contribution in [0.15, 0.2) is 11.6 Å². The van der Waals surface area contributed by atoms with Crippen molar-refractivity contribution in [2.45, 2.75) is 71.6 Å². The Morgan fingerprint density at radius 1 is 1.00 bits per heavy atom. The predicted molar refractivity (Wildman–Crippen MR) is 66.9 cm³/mol. The molecule has 2 rings (SSSR count). The van der Waals surface area contributed by atoms with Crippen LogP contribution in [0.1, 0.15) is 71.6 Å². The summed E-state index contributed by atoms with van der Waals surface area (Å²) >= 11 is 0. The standard InChI is InChI=1S/C15H26/c1-15(2,13-9-5-3-6-10-13)14-11-7-4-8-12-14/h9,14H,3-8,10-12H2,1-2H3. The van der Waals surface area contributed by atoms with Crippen molar-refractivity contribution in [3.63, 3.8) is 0 Å². The molecule has 1 saturated carbocycles. The van der Waals surface area contributed by atoms with Crippen LogP contribution in [0.25, 0.3) is 0 Å². The zero-order valence-corrected chi connectivity index (χ0v) is 10.5. The van der Waals surface area contributed by atoms with Crippen LogP contribution in [0, 0.1) is 11.3 Å². The van der Waals surface area contributed by atoms with Gasteiger partial charge in [-0.2, -0.15) is 0 Å². The van der Waals surface area contributed by atoms with Crippen LogP contribution in [0.5, 0.6) is 0 Å². The van der Waals surface area contributed by atoms with Crippen LogP contribution in [-0.4, -0.2) is 0 Å². The van der Waals surface area contributed by atoms with Crippen LogP contribution >= 0.6 is 0 Å². The van der Waals surface area contributed by atoms with Crippen molar-refractivity contribution in [2.75, 3.05) is 0 Å². The lowest BCUT2D eigenvalue weighted by Gasteiger charge is -2.40. The summed E-state index contributed by atoms with van der Waals surface area (Å²) in [4.78, 5) is 0. The van der Waals surface area contributed by atoms with Gasteiger partial charge in [0.05, 0.1) is 0 Å². The van der Waals surface area contributed by atoms with Gasteiger partial charge in [0.1, 0.15) is 0 Å². The van der Waals surface area contributed by atoms with Gasteiger partial charge in [-0.05, 0) is 49.9 Å². The highest BCUT2D eigenvalue weighted by atomic mass is 14.4. The average molecular weight is 206 g/mol. The molecule has 0 heteroatoms. The summed E-state index contributed by atoms with van der Waals surface area (Å²) in [5, 5.41) is 0. The molecule has 0 amide bonds. The van der Waals surface area contributed by atoms with E-state index in [1.165, 1.54) is 57.8 Å². The van der Waals surface area contributed by atoms with Gasteiger partial charge in [0.15, 0.2) is 0 Å². The van der Waals surface area contributed by atoms with Gasteiger partial charge in [0.25, 0.3) is 0 Å². The molecule has 2 aliphatic carbocycles. The van der Waals surface area contributed by atoms with E-state index in [1.807, 2.05) is 0 Å². The van der Waals surface area contributed by atoms with Gasteiger partial charge in [0.2, 0.25) is 0 Å². The first-order valence-electron chi connectivity index (χ1n) is 6.91. The number of rotatable bonds is 2. The van der Waals surface area contributed by atoms with Gasteiger partial charge in [-0.3, -0.25) is 0 Å². The molecule has 2 aliphatic rings. The highest BCUT2D eigenvalue weighted by molar-refractivity contribution is 5.16. The van der Waals surface area contributed by atoms with Crippen LogP contribution in [-0.2, 0) is 0 Å². The van der Waals surface area contributed by atoms with E-state index in [2.05, 4.69) is 19.9 Å². The highest BCUT2D eigenvalue weighted by Crippen LogP contribution is 2.45. The predicted octanol–water partition coefficient (Wildman–Crippen LogP) is 5.09. The van der Waals surface area contributed by atoms with Crippen LogP contribution in [0.4, 0.5) is 0 Å². The fourth-order valence-electron chi connectivity index (χ4n) is 3.51. The maximum Gasteiger partial charge on any atom is -0.0116 e. The molecule has 0 bridgehead atoms. The molecule has 0 aromatic carbocycles. The molecule has 0 aromatic heterocycles. The molecule has 0 spiro atoms. The smallest absolute Gasteiger partial charge is 0.0116 e. The van der Waals surface area contributed by atoms with Gasteiger partial charge in [-0.25, -0.2) is 0 Å². The van der Waals surface area contributed by atoms with Crippen LogP contribution in [0.3, 0.4) is 0 Å². The zero-order valence-electron chi connectivity index (χ0n) is 10.5. The zero-order chi connectivity index (χ0) is 10.7. The third kappa shape index (κ3) is 2.46. The summed E-state index contributed by atoms with van der Waals surface area (Å²) in [6, 6.07) is 0. The van der Waals surface area contributed by atoms with E-state index < -0.39 is 0 Å². The minimum absolute atomic E-state index is 0.501. The molecule has 1 fully saturated rings. The number of allylic oxidation sites excluding steroid dienone is 2. The lowest BCUT2D eigenvalue weighted by molar-refractivity contribution is 0.190. The Kier molecular flexibility index (Phi) is 3.53. The van der Waals surface area contributed by atoms with Crippen molar-refractivity contribution < 1.29 is 0 Å². The lowest BCUT2D eigenvalue weighted by atomic mass is 9.65. The Labute approximate surface area is 95.1 Å². The van der Waals surface area contributed by atoms with E-state index in [0.29, 0.717) is 5.41 Å². The summed E-state index contributed by atoms with van der Waals surface area (Å²) < 4.78 is 0. The summed E-state index contributed by atoms with van der Waals surface area (Å²) in [5.41, 5.74) is 2.28. The maximum atomic E-state index is 2.55.